The molecule has 0 aliphatic carbocycles. The summed E-state index contributed by atoms with van der Waals surface area (Å²) in [5.41, 5.74) is 8.13. The van der Waals surface area contributed by atoms with E-state index < -0.39 is 30.1 Å². The standard InChI is InChI=1S/C29H36N4O5/c30-23(18-21-11-5-2-6-12-21)28(37)33-16-8-14-25(33)29(38)32-15-7-13-24(32)27(36)31-22(19-26(34)35)17-20-9-3-1-4-10-20/h1-6,9-12,22-25H,7-8,13-19,30H2,(H,31,36)(H,34,35)/t22-,23+,24+,25+/m0/s1. The minimum absolute atomic E-state index is 0.217. The maximum Gasteiger partial charge on any atom is 0.305 e. The molecule has 2 aliphatic rings. The Morgan fingerprint density at radius 1 is 0.842 bits per heavy atom. The van der Waals surface area contributed by atoms with E-state index in [2.05, 4.69) is 5.32 Å². The van der Waals surface area contributed by atoms with Gasteiger partial charge in [-0.25, -0.2) is 0 Å². The van der Waals surface area contributed by atoms with Crippen molar-refractivity contribution in [3.05, 3.63) is 71.8 Å². The first-order valence-corrected chi connectivity index (χ1v) is 13.3. The summed E-state index contributed by atoms with van der Waals surface area (Å²) in [4.78, 5) is 54.7. The second-order valence-corrected chi connectivity index (χ2v) is 10.2. The average molecular weight is 521 g/mol. The van der Waals surface area contributed by atoms with Crippen LogP contribution in [0.1, 0.15) is 43.2 Å². The second-order valence-electron chi connectivity index (χ2n) is 10.2. The monoisotopic (exact) mass is 520 g/mol. The number of nitrogens with zero attached hydrogens (tertiary/aromatic N) is 2. The first-order chi connectivity index (χ1) is 18.3. The molecule has 0 aromatic heterocycles. The Bertz CT molecular complexity index is 1130. The number of rotatable bonds is 10. The Labute approximate surface area is 223 Å². The van der Waals surface area contributed by atoms with E-state index in [0.717, 1.165) is 11.1 Å². The van der Waals surface area contributed by atoms with Gasteiger partial charge in [-0.15, -0.1) is 0 Å². The number of hydrogen-bond acceptors (Lipinski definition) is 5. The highest BCUT2D eigenvalue weighted by Crippen LogP contribution is 2.26. The number of nitrogens with one attached hydrogen (secondary N) is 1. The molecule has 2 aromatic carbocycles. The van der Waals surface area contributed by atoms with Gasteiger partial charge in [-0.1, -0.05) is 60.7 Å². The summed E-state index contributed by atoms with van der Waals surface area (Å²) in [6, 6.07) is 16.2. The van der Waals surface area contributed by atoms with Gasteiger partial charge in [0, 0.05) is 19.1 Å². The van der Waals surface area contributed by atoms with Gasteiger partial charge in [0.1, 0.15) is 12.1 Å². The molecule has 4 N–H and O–H groups in total. The van der Waals surface area contributed by atoms with Crippen molar-refractivity contribution in [3.63, 3.8) is 0 Å². The van der Waals surface area contributed by atoms with Gasteiger partial charge in [0.2, 0.25) is 17.7 Å². The number of hydrogen-bond donors (Lipinski definition) is 3. The molecular formula is C29H36N4O5. The highest BCUT2D eigenvalue weighted by molar-refractivity contribution is 5.94. The predicted molar refractivity (Wildman–Crippen MR) is 142 cm³/mol. The number of aliphatic carboxylic acids is 1. The molecule has 4 rings (SSSR count). The number of likely N-dealkylation sites (tertiary alicyclic amines) is 2. The van der Waals surface area contributed by atoms with E-state index >= 15 is 0 Å². The second kappa shape index (κ2) is 12.7. The van der Waals surface area contributed by atoms with E-state index in [4.69, 9.17) is 5.73 Å². The Hall–Kier alpha value is -3.72. The van der Waals surface area contributed by atoms with Crippen molar-refractivity contribution in [2.45, 2.75) is 69.1 Å². The van der Waals surface area contributed by atoms with Crippen LogP contribution in [0.5, 0.6) is 0 Å². The van der Waals surface area contributed by atoms with E-state index in [1.54, 1.807) is 9.80 Å². The lowest BCUT2D eigenvalue weighted by molar-refractivity contribution is -0.147. The molecule has 2 fully saturated rings. The van der Waals surface area contributed by atoms with Crippen LogP contribution in [-0.2, 0) is 32.0 Å². The SMILES string of the molecule is N[C@H](Cc1ccccc1)C(=O)N1CCC[C@@H]1C(=O)N1CCC[C@@H]1C(=O)N[C@H](CC(=O)O)Cc1ccccc1. The van der Waals surface area contributed by atoms with Crippen LogP contribution in [0.25, 0.3) is 0 Å². The molecule has 9 nitrogen and oxygen atoms in total. The molecule has 38 heavy (non-hydrogen) atoms. The van der Waals surface area contributed by atoms with Crippen molar-refractivity contribution in [2.24, 2.45) is 5.73 Å². The normalized spacial score (nSPS) is 20.7. The molecule has 9 heteroatoms. The fourth-order valence-corrected chi connectivity index (χ4v) is 5.53. The molecule has 0 saturated carbocycles. The quantitative estimate of drug-likeness (QED) is 0.437. The highest BCUT2D eigenvalue weighted by Gasteiger charge is 2.43. The molecule has 0 spiro atoms. The molecular weight excluding hydrogens is 484 g/mol. The van der Waals surface area contributed by atoms with Crippen molar-refractivity contribution in [3.8, 4) is 0 Å². The number of amides is 3. The number of carbonyl (C=O) groups is 4. The molecule has 2 heterocycles. The fraction of sp³-hybridized carbons (Fsp3) is 0.448. The van der Waals surface area contributed by atoms with Gasteiger partial charge in [0.15, 0.2) is 0 Å². The minimum Gasteiger partial charge on any atom is -0.481 e. The Kier molecular flexibility index (Phi) is 9.12. The zero-order valence-corrected chi connectivity index (χ0v) is 21.5. The number of carboxylic acids is 1. The lowest BCUT2D eigenvalue weighted by atomic mass is 10.0. The molecule has 2 saturated heterocycles. The zero-order valence-electron chi connectivity index (χ0n) is 21.5. The van der Waals surface area contributed by atoms with Crippen LogP contribution in [0.4, 0.5) is 0 Å². The molecule has 4 atom stereocenters. The molecule has 2 aromatic rings. The first-order valence-electron chi connectivity index (χ1n) is 13.3. The minimum atomic E-state index is -1.00. The molecule has 3 amide bonds. The van der Waals surface area contributed by atoms with Crippen molar-refractivity contribution in [1.82, 2.24) is 15.1 Å². The van der Waals surface area contributed by atoms with Gasteiger partial charge < -0.3 is 26.0 Å². The number of benzene rings is 2. The van der Waals surface area contributed by atoms with Gasteiger partial charge in [-0.3, -0.25) is 19.2 Å². The molecule has 2 aliphatic heterocycles. The number of carboxylic acid groups (broad SMARTS) is 1. The lowest BCUT2D eigenvalue weighted by Crippen LogP contribution is -2.56. The smallest absolute Gasteiger partial charge is 0.305 e. The molecule has 0 bridgehead atoms. The van der Waals surface area contributed by atoms with E-state index in [1.165, 1.54) is 0 Å². The Morgan fingerprint density at radius 3 is 2.00 bits per heavy atom. The molecule has 0 unspecified atom stereocenters. The Morgan fingerprint density at radius 2 is 1.39 bits per heavy atom. The maximum absolute atomic E-state index is 13.6. The van der Waals surface area contributed by atoms with Crippen molar-refractivity contribution in [1.29, 1.82) is 0 Å². The summed E-state index contributed by atoms with van der Waals surface area (Å²) in [5.74, 6) is -1.85. The summed E-state index contributed by atoms with van der Waals surface area (Å²) >= 11 is 0. The van der Waals surface area contributed by atoms with Crippen molar-refractivity contribution < 1.29 is 24.3 Å². The van der Waals surface area contributed by atoms with Crippen LogP contribution in [0, 0.1) is 0 Å². The third-order valence-corrected chi connectivity index (χ3v) is 7.37. The van der Waals surface area contributed by atoms with Crippen LogP contribution in [0.2, 0.25) is 0 Å². The largest absolute Gasteiger partial charge is 0.481 e. The van der Waals surface area contributed by atoms with Crippen LogP contribution in [-0.4, -0.2) is 75.9 Å². The van der Waals surface area contributed by atoms with Crippen LogP contribution in [0.15, 0.2) is 60.7 Å². The van der Waals surface area contributed by atoms with E-state index in [0.29, 0.717) is 51.6 Å². The number of nitrogens with two attached hydrogens (primary N) is 1. The summed E-state index contributed by atoms with van der Waals surface area (Å²) in [6.07, 6.45) is 2.94. The van der Waals surface area contributed by atoms with E-state index in [9.17, 15) is 24.3 Å². The lowest BCUT2D eigenvalue weighted by Gasteiger charge is -2.32. The Balaban J connectivity index is 1.41. The van der Waals surface area contributed by atoms with Crippen LogP contribution >= 0.6 is 0 Å². The first kappa shape index (κ1) is 27.3. The van der Waals surface area contributed by atoms with E-state index in [-0.39, 0.29) is 24.1 Å². The molecule has 0 radical (unpaired) electrons. The van der Waals surface area contributed by atoms with Gasteiger partial charge in [0.25, 0.3) is 0 Å². The average Bonchev–Trinajstić information content (AvgIpc) is 3.59. The maximum atomic E-state index is 13.6. The summed E-state index contributed by atoms with van der Waals surface area (Å²) in [6.45, 7) is 0.883. The topological polar surface area (TPSA) is 133 Å². The van der Waals surface area contributed by atoms with Crippen molar-refractivity contribution >= 4 is 23.7 Å². The van der Waals surface area contributed by atoms with Gasteiger partial charge in [-0.2, -0.15) is 0 Å². The summed E-state index contributed by atoms with van der Waals surface area (Å²) < 4.78 is 0. The van der Waals surface area contributed by atoms with Crippen LogP contribution < -0.4 is 11.1 Å². The summed E-state index contributed by atoms with van der Waals surface area (Å²) in [5, 5.41) is 12.3. The highest BCUT2D eigenvalue weighted by atomic mass is 16.4. The van der Waals surface area contributed by atoms with Crippen LogP contribution in [0.3, 0.4) is 0 Å². The van der Waals surface area contributed by atoms with Gasteiger partial charge >= 0.3 is 5.97 Å². The zero-order chi connectivity index (χ0) is 27.1. The third-order valence-electron chi connectivity index (χ3n) is 7.37. The summed E-state index contributed by atoms with van der Waals surface area (Å²) in [7, 11) is 0. The van der Waals surface area contributed by atoms with Gasteiger partial charge in [-0.05, 0) is 49.7 Å². The third kappa shape index (κ3) is 6.77. The van der Waals surface area contributed by atoms with Gasteiger partial charge in [0.05, 0.1) is 12.5 Å². The fourth-order valence-electron chi connectivity index (χ4n) is 5.53. The number of carbonyl (C=O) groups excluding carboxylic acids is 3. The predicted octanol–water partition coefficient (Wildman–Crippen LogP) is 1.74. The van der Waals surface area contributed by atoms with Crippen molar-refractivity contribution in [2.75, 3.05) is 13.1 Å². The molecule has 202 valence electrons. The van der Waals surface area contributed by atoms with E-state index in [1.807, 2.05) is 60.7 Å².